The Morgan fingerprint density at radius 2 is 2.03 bits per heavy atom. The van der Waals surface area contributed by atoms with E-state index < -0.39 is 5.54 Å². The van der Waals surface area contributed by atoms with Crippen LogP contribution < -0.4 is 16.4 Å². The Hall–Kier alpha value is -3.88. The molecule has 3 heterocycles. The minimum Gasteiger partial charge on any atom is -0.357 e. The Balaban J connectivity index is 1.44. The lowest BCUT2D eigenvalue weighted by atomic mass is 9.98. The van der Waals surface area contributed by atoms with Crippen LogP contribution in [0, 0.1) is 0 Å². The molecule has 3 aromatic rings. The number of rotatable bonds is 5. The number of hydrogen-bond acceptors (Lipinski definition) is 2. The van der Waals surface area contributed by atoms with E-state index in [9.17, 15) is 4.79 Å². The highest BCUT2D eigenvalue weighted by Gasteiger charge is 2.45. The van der Waals surface area contributed by atoms with E-state index in [0.29, 0.717) is 30.5 Å². The number of H-pyrrole nitrogens is 2. The molecule has 2 aliphatic rings. The number of para-hydroxylation sites is 1. The molecule has 1 atom stereocenters. The monoisotopic (exact) mass is 445 g/mol. The van der Waals surface area contributed by atoms with Crippen LogP contribution >= 0.6 is 0 Å². The van der Waals surface area contributed by atoms with Gasteiger partial charge < -0.3 is 15.6 Å². The van der Waals surface area contributed by atoms with Gasteiger partial charge in [-0.3, -0.25) is 15.6 Å². The summed E-state index contributed by atoms with van der Waals surface area (Å²) in [5.74, 6) is 1.99. The molecule has 170 valence electrons. The first kappa shape index (κ1) is 21.0. The van der Waals surface area contributed by atoms with Crippen LogP contribution in [-0.2, 0) is 4.79 Å². The summed E-state index contributed by atoms with van der Waals surface area (Å²) in [6, 6.07) is 15.3. The Morgan fingerprint density at radius 1 is 1.21 bits per heavy atom. The number of nitrogens with two attached hydrogens (primary N) is 1. The zero-order chi connectivity index (χ0) is 22.8. The van der Waals surface area contributed by atoms with Crippen LogP contribution in [0.5, 0.6) is 0 Å². The Bertz CT molecular complexity index is 1190. The van der Waals surface area contributed by atoms with Gasteiger partial charge in [-0.25, -0.2) is 4.58 Å². The van der Waals surface area contributed by atoms with Crippen molar-refractivity contribution in [2.45, 2.75) is 44.1 Å². The van der Waals surface area contributed by atoms with E-state index >= 15 is 0 Å². The number of amidine groups is 1. The summed E-state index contributed by atoms with van der Waals surface area (Å²) in [6.45, 7) is 2.57. The average Bonchev–Trinajstić information content (AvgIpc) is 3.19. The number of nitrogens with zero attached hydrogens (tertiary/aromatic N) is 3. The van der Waals surface area contributed by atoms with Gasteiger partial charge in [-0.15, -0.1) is 0 Å². The molecule has 1 aliphatic carbocycles. The van der Waals surface area contributed by atoms with Gasteiger partial charge in [0.1, 0.15) is 0 Å². The SMILES string of the molecule is C[C@@]1(C(=O)Nc2ccccc2)CCC[N+]1=C(N)N=C(Nc1cc(C2CC2)[nH]n1)c1ccc[nH]1. The second-order valence-corrected chi connectivity index (χ2v) is 8.86. The normalized spacial score (nSPS) is 22.3. The van der Waals surface area contributed by atoms with Crippen LogP contribution in [0.15, 0.2) is 59.7 Å². The quantitative estimate of drug-likeness (QED) is 0.235. The number of carbonyl (C=O) groups is 1. The minimum atomic E-state index is -0.796. The molecule has 6 N–H and O–H groups in total. The van der Waals surface area contributed by atoms with Crippen molar-refractivity contribution < 1.29 is 9.37 Å². The summed E-state index contributed by atoms with van der Waals surface area (Å²) in [5, 5.41) is 13.8. The standard InChI is InChI=1S/C24H28N8O/c1-24(22(33)27-17-7-3-2-4-8-17)12-6-14-32(24)23(25)29-21(18-9-5-13-26-18)28-20-15-19(30-31-20)16-10-11-16/h2-5,7-9,13,15-16H,6,10-12,14H2,1H3,(H5,25,26,27,28,29,30,31,33)/p+1/t24-/m0/s1. The van der Waals surface area contributed by atoms with Gasteiger partial charge in [0, 0.05) is 29.6 Å². The Kier molecular flexibility index (Phi) is 5.45. The fourth-order valence-corrected chi connectivity index (χ4v) is 4.29. The van der Waals surface area contributed by atoms with E-state index in [-0.39, 0.29) is 11.9 Å². The minimum absolute atomic E-state index is 0.0971. The lowest BCUT2D eigenvalue weighted by molar-refractivity contribution is -0.567. The number of aromatic amines is 2. The van der Waals surface area contributed by atoms with E-state index in [1.807, 2.05) is 66.2 Å². The molecular weight excluding hydrogens is 416 g/mol. The number of hydrogen-bond donors (Lipinski definition) is 5. The zero-order valence-electron chi connectivity index (χ0n) is 18.6. The molecular formula is C24H29N8O+. The number of benzene rings is 1. The van der Waals surface area contributed by atoms with Gasteiger partial charge in [-0.2, -0.15) is 5.10 Å². The summed E-state index contributed by atoms with van der Waals surface area (Å²) in [6.07, 6.45) is 5.76. The van der Waals surface area contributed by atoms with E-state index in [1.165, 1.54) is 12.8 Å². The number of aromatic nitrogens is 3. The molecule has 5 rings (SSSR count). The summed E-state index contributed by atoms with van der Waals surface area (Å²) in [5.41, 5.74) is 8.38. The number of nitrogens with one attached hydrogen (secondary N) is 4. The number of guanidine groups is 1. The van der Waals surface area contributed by atoms with Crippen molar-refractivity contribution in [3.05, 3.63) is 66.1 Å². The maximum Gasteiger partial charge on any atom is 0.387 e. The van der Waals surface area contributed by atoms with Crippen LogP contribution in [-0.4, -0.2) is 49.5 Å². The third kappa shape index (κ3) is 4.39. The first-order chi connectivity index (χ1) is 16.0. The fraction of sp³-hybridized carbons (Fsp3) is 0.333. The largest absolute Gasteiger partial charge is 0.387 e. The van der Waals surface area contributed by atoms with Crippen molar-refractivity contribution in [1.29, 1.82) is 0 Å². The molecule has 1 saturated heterocycles. The smallest absolute Gasteiger partial charge is 0.357 e. The van der Waals surface area contributed by atoms with Crippen LogP contribution in [0.25, 0.3) is 0 Å². The Labute approximate surface area is 192 Å². The summed E-state index contributed by atoms with van der Waals surface area (Å²) in [7, 11) is 0. The van der Waals surface area contributed by atoms with Gasteiger partial charge in [0.25, 0.3) is 5.91 Å². The highest BCUT2D eigenvalue weighted by atomic mass is 16.2. The molecule has 0 bridgehead atoms. The molecule has 9 nitrogen and oxygen atoms in total. The van der Waals surface area contributed by atoms with Gasteiger partial charge in [0.05, 0.1) is 12.2 Å². The zero-order valence-corrected chi connectivity index (χ0v) is 18.6. The van der Waals surface area contributed by atoms with Gasteiger partial charge in [-0.1, -0.05) is 23.2 Å². The number of amides is 1. The van der Waals surface area contributed by atoms with Crippen LogP contribution in [0.4, 0.5) is 11.5 Å². The second kappa shape index (κ2) is 8.57. The lowest BCUT2D eigenvalue weighted by Crippen LogP contribution is -2.49. The van der Waals surface area contributed by atoms with E-state index in [2.05, 4.69) is 25.8 Å². The first-order valence-corrected chi connectivity index (χ1v) is 11.3. The summed E-state index contributed by atoms with van der Waals surface area (Å²) < 4.78 is 1.88. The predicted molar refractivity (Wildman–Crippen MR) is 129 cm³/mol. The number of anilines is 2. The molecule has 9 heteroatoms. The average molecular weight is 446 g/mol. The lowest BCUT2D eigenvalue weighted by Gasteiger charge is -2.24. The summed E-state index contributed by atoms with van der Waals surface area (Å²) >= 11 is 0. The Morgan fingerprint density at radius 3 is 2.76 bits per heavy atom. The van der Waals surface area contributed by atoms with E-state index in [1.54, 1.807) is 0 Å². The number of aliphatic imine (C=N–C) groups is 1. The van der Waals surface area contributed by atoms with Crippen molar-refractivity contribution in [2.75, 3.05) is 17.2 Å². The van der Waals surface area contributed by atoms with Crippen molar-refractivity contribution in [2.24, 2.45) is 10.7 Å². The summed E-state index contributed by atoms with van der Waals surface area (Å²) in [4.78, 5) is 21.1. The topological polar surface area (TPSA) is 127 Å². The molecule has 1 aromatic carbocycles. The second-order valence-electron chi connectivity index (χ2n) is 8.86. The molecule has 0 spiro atoms. The fourth-order valence-electron chi connectivity index (χ4n) is 4.29. The van der Waals surface area contributed by atoms with E-state index in [0.717, 1.165) is 23.5 Å². The van der Waals surface area contributed by atoms with E-state index in [4.69, 9.17) is 10.7 Å². The number of carbonyl (C=O) groups excluding carboxylic acids is 1. The van der Waals surface area contributed by atoms with Gasteiger partial charge in [-0.05, 0) is 56.9 Å². The highest BCUT2D eigenvalue weighted by Crippen LogP contribution is 2.39. The maximum atomic E-state index is 13.2. The van der Waals surface area contributed by atoms with Crippen molar-refractivity contribution >= 4 is 29.2 Å². The molecule has 0 unspecified atom stereocenters. The molecule has 1 amide bonds. The third-order valence-corrected chi connectivity index (χ3v) is 6.38. The van der Waals surface area contributed by atoms with Crippen LogP contribution in [0.2, 0.25) is 0 Å². The van der Waals surface area contributed by atoms with Crippen molar-refractivity contribution in [1.82, 2.24) is 15.2 Å². The highest BCUT2D eigenvalue weighted by molar-refractivity contribution is 6.11. The molecule has 0 radical (unpaired) electrons. The van der Waals surface area contributed by atoms with Gasteiger partial charge in [0.15, 0.2) is 11.4 Å². The first-order valence-electron chi connectivity index (χ1n) is 11.3. The molecule has 2 fully saturated rings. The van der Waals surface area contributed by atoms with Crippen LogP contribution in [0.1, 0.15) is 49.9 Å². The van der Waals surface area contributed by atoms with Crippen molar-refractivity contribution in [3.8, 4) is 0 Å². The van der Waals surface area contributed by atoms with Gasteiger partial charge >= 0.3 is 5.96 Å². The maximum absolute atomic E-state index is 13.2. The molecule has 1 aliphatic heterocycles. The van der Waals surface area contributed by atoms with Crippen LogP contribution in [0.3, 0.4) is 0 Å². The molecule has 1 saturated carbocycles. The van der Waals surface area contributed by atoms with Crippen molar-refractivity contribution in [3.63, 3.8) is 0 Å². The predicted octanol–water partition coefficient (Wildman–Crippen LogP) is 2.99. The third-order valence-electron chi connectivity index (χ3n) is 6.38. The van der Waals surface area contributed by atoms with Gasteiger partial charge in [0.2, 0.25) is 5.84 Å². The molecule has 33 heavy (non-hydrogen) atoms. The molecule has 2 aromatic heterocycles.